The normalized spacial score (nSPS) is 26.2. The second-order valence-electron chi connectivity index (χ2n) is 9.35. The number of aryl methyl sites for hydroxylation is 1. The molecule has 1 aliphatic carbocycles. The molecule has 7 nitrogen and oxygen atoms in total. The number of nitrogens with zero attached hydrogens (tertiary/aromatic N) is 1. The number of hydrogen-bond acceptors (Lipinski definition) is 7. The van der Waals surface area contributed by atoms with Crippen LogP contribution in [0.15, 0.2) is 89.8 Å². The van der Waals surface area contributed by atoms with Crippen molar-refractivity contribution in [1.29, 1.82) is 0 Å². The summed E-state index contributed by atoms with van der Waals surface area (Å²) in [4.78, 5) is 5.92. The topological polar surface area (TPSA) is 74.3 Å². The van der Waals surface area contributed by atoms with Gasteiger partial charge in [0.05, 0.1) is 36.9 Å². The predicted octanol–water partition coefficient (Wildman–Crippen LogP) is 4.12. The van der Waals surface area contributed by atoms with Gasteiger partial charge in [-0.3, -0.25) is 9.02 Å². The summed E-state index contributed by atoms with van der Waals surface area (Å²) >= 11 is 0. The molecule has 3 aromatic rings. The van der Waals surface area contributed by atoms with Gasteiger partial charge in [-0.05, 0) is 30.2 Å². The van der Waals surface area contributed by atoms with E-state index in [0.717, 1.165) is 16.7 Å². The van der Waals surface area contributed by atoms with Crippen LogP contribution in [0.3, 0.4) is 0 Å². The summed E-state index contributed by atoms with van der Waals surface area (Å²) in [7, 11) is -2.25. The van der Waals surface area contributed by atoms with E-state index >= 15 is 0 Å². The highest BCUT2D eigenvalue weighted by molar-refractivity contribution is 7.86. The van der Waals surface area contributed by atoms with E-state index in [1.54, 1.807) is 36.4 Å². The number of likely N-dealkylation sites (N-methyl/N-ethyl adjacent to an activating group) is 1. The van der Waals surface area contributed by atoms with E-state index in [1.807, 2.05) is 67.6 Å². The van der Waals surface area contributed by atoms with Crippen LogP contribution < -0.4 is 0 Å². The smallest absolute Gasteiger partial charge is 0.297 e. The Morgan fingerprint density at radius 1 is 0.806 bits per heavy atom. The Kier molecular flexibility index (Phi) is 7.52. The number of hydrogen-bond donors (Lipinski definition) is 0. The number of ether oxygens (including phenoxy) is 2. The monoisotopic (exact) mass is 509 g/mol. The molecule has 0 radical (unpaired) electrons. The molecule has 190 valence electrons. The van der Waals surface area contributed by atoms with Crippen LogP contribution in [-0.4, -0.2) is 51.5 Å². The van der Waals surface area contributed by atoms with Gasteiger partial charge in [-0.1, -0.05) is 78.4 Å². The van der Waals surface area contributed by atoms with Gasteiger partial charge in [-0.2, -0.15) is 13.5 Å². The molecular formula is C28H31NO6S. The summed E-state index contributed by atoms with van der Waals surface area (Å²) < 4.78 is 45.4. The van der Waals surface area contributed by atoms with Crippen molar-refractivity contribution in [3.8, 4) is 0 Å². The lowest BCUT2D eigenvalue weighted by atomic mass is 10.0. The molecule has 3 aromatic carbocycles. The second kappa shape index (κ2) is 10.8. The molecule has 0 unspecified atom stereocenters. The third-order valence-corrected chi connectivity index (χ3v) is 8.18. The molecule has 2 fully saturated rings. The molecule has 0 bridgehead atoms. The molecule has 0 spiro atoms. The molecule has 0 aromatic heterocycles. The molecule has 0 amide bonds. The molecule has 5 atom stereocenters. The number of fused-ring (bicyclic) bond motifs is 1. The van der Waals surface area contributed by atoms with Crippen LogP contribution in [0.25, 0.3) is 0 Å². The third kappa shape index (κ3) is 5.39. The van der Waals surface area contributed by atoms with Crippen molar-refractivity contribution >= 4 is 10.1 Å². The number of hydroxylamine groups is 2. The fourth-order valence-corrected chi connectivity index (χ4v) is 6.08. The molecule has 1 heterocycles. The van der Waals surface area contributed by atoms with Crippen molar-refractivity contribution < 1.29 is 26.9 Å². The fourth-order valence-electron chi connectivity index (χ4n) is 4.98. The van der Waals surface area contributed by atoms with Gasteiger partial charge in [0.25, 0.3) is 10.1 Å². The molecule has 1 saturated carbocycles. The van der Waals surface area contributed by atoms with Gasteiger partial charge in [0.15, 0.2) is 0 Å². The van der Waals surface area contributed by atoms with Gasteiger partial charge in [0, 0.05) is 13.0 Å². The van der Waals surface area contributed by atoms with Gasteiger partial charge in [0.1, 0.15) is 12.2 Å². The van der Waals surface area contributed by atoms with Crippen molar-refractivity contribution in [3.05, 3.63) is 102 Å². The Morgan fingerprint density at radius 3 is 1.94 bits per heavy atom. The highest BCUT2D eigenvalue weighted by Crippen LogP contribution is 2.42. The van der Waals surface area contributed by atoms with Crippen LogP contribution in [-0.2, 0) is 41.8 Å². The van der Waals surface area contributed by atoms with Crippen LogP contribution in [0.5, 0.6) is 0 Å². The lowest BCUT2D eigenvalue weighted by Gasteiger charge is -2.29. The first-order valence-corrected chi connectivity index (χ1v) is 13.5. The van der Waals surface area contributed by atoms with Crippen LogP contribution in [0.2, 0.25) is 0 Å². The lowest BCUT2D eigenvalue weighted by Crippen LogP contribution is -2.44. The van der Waals surface area contributed by atoms with E-state index in [0.29, 0.717) is 19.8 Å². The zero-order valence-electron chi connectivity index (χ0n) is 20.4. The first kappa shape index (κ1) is 25.1. The minimum absolute atomic E-state index is 0.113. The van der Waals surface area contributed by atoms with Gasteiger partial charge < -0.3 is 9.47 Å². The lowest BCUT2D eigenvalue weighted by molar-refractivity contribution is -0.159. The van der Waals surface area contributed by atoms with E-state index in [-0.39, 0.29) is 16.9 Å². The van der Waals surface area contributed by atoms with Crippen molar-refractivity contribution in [2.75, 3.05) is 13.7 Å². The average Bonchev–Trinajstić information content (AvgIpc) is 3.40. The first-order chi connectivity index (χ1) is 17.4. The predicted molar refractivity (Wildman–Crippen MR) is 134 cm³/mol. The van der Waals surface area contributed by atoms with E-state index in [9.17, 15) is 8.42 Å². The zero-order chi connectivity index (χ0) is 25.1. The Balaban J connectivity index is 1.44. The van der Waals surface area contributed by atoms with Gasteiger partial charge in [-0.25, -0.2) is 0 Å². The summed E-state index contributed by atoms with van der Waals surface area (Å²) in [6, 6.07) is 26.0. The van der Waals surface area contributed by atoms with Crippen molar-refractivity contribution in [2.45, 2.75) is 49.4 Å². The standard InChI is InChI=1S/C28H31NO6S/c1-20-13-15-23(16-14-20)36(30,31)35-27-25-24(19-34-29(25)2)26(32-17-21-9-5-3-6-10-21)28(27)33-18-22-11-7-4-8-12-22/h3-16,24-28H,17-19H2,1-2H3/t24-,25+,26+,27+,28+/m1/s1. The summed E-state index contributed by atoms with van der Waals surface area (Å²) in [5.41, 5.74) is 2.98. The fraction of sp³-hybridized carbons (Fsp3) is 0.357. The Bertz CT molecular complexity index is 1240. The van der Waals surface area contributed by atoms with Gasteiger partial charge in [0.2, 0.25) is 0 Å². The average molecular weight is 510 g/mol. The quantitative estimate of drug-likeness (QED) is 0.402. The summed E-state index contributed by atoms with van der Waals surface area (Å²) in [6.45, 7) is 2.99. The van der Waals surface area contributed by atoms with Gasteiger partial charge >= 0.3 is 0 Å². The highest BCUT2D eigenvalue weighted by atomic mass is 32.2. The van der Waals surface area contributed by atoms with Crippen LogP contribution in [0.4, 0.5) is 0 Å². The molecule has 36 heavy (non-hydrogen) atoms. The SMILES string of the molecule is Cc1ccc(S(=O)(=O)O[C@@H]2[C@@H](OCc3ccccc3)[C@@H](OCc3ccccc3)[C@@H]3CON(C)[C@@H]32)cc1. The van der Waals surface area contributed by atoms with Gasteiger partial charge in [-0.15, -0.1) is 0 Å². The molecule has 5 rings (SSSR count). The van der Waals surface area contributed by atoms with Crippen LogP contribution in [0, 0.1) is 12.8 Å². The summed E-state index contributed by atoms with van der Waals surface area (Å²) in [5, 5.41) is 1.69. The third-order valence-electron chi connectivity index (χ3n) is 6.85. The van der Waals surface area contributed by atoms with Crippen molar-refractivity contribution in [1.82, 2.24) is 5.06 Å². The van der Waals surface area contributed by atoms with E-state index in [1.165, 1.54) is 0 Å². The van der Waals surface area contributed by atoms with Crippen molar-refractivity contribution in [2.24, 2.45) is 5.92 Å². The maximum atomic E-state index is 13.3. The summed E-state index contributed by atoms with van der Waals surface area (Å²) in [6.07, 6.45) is -1.84. The molecule has 8 heteroatoms. The number of rotatable bonds is 9. The Hall–Kier alpha value is -2.59. The zero-order valence-corrected chi connectivity index (χ0v) is 21.2. The van der Waals surface area contributed by atoms with E-state index < -0.39 is 28.4 Å². The van der Waals surface area contributed by atoms with Crippen molar-refractivity contribution in [3.63, 3.8) is 0 Å². The summed E-state index contributed by atoms with van der Waals surface area (Å²) in [5.74, 6) is -0.113. The largest absolute Gasteiger partial charge is 0.370 e. The second-order valence-corrected chi connectivity index (χ2v) is 10.9. The highest BCUT2D eigenvalue weighted by Gasteiger charge is 2.59. The molecule has 2 aliphatic rings. The minimum atomic E-state index is -4.05. The first-order valence-electron chi connectivity index (χ1n) is 12.1. The maximum Gasteiger partial charge on any atom is 0.297 e. The van der Waals surface area contributed by atoms with E-state index in [4.69, 9.17) is 18.5 Å². The molecule has 1 aliphatic heterocycles. The number of benzene rings is 3. The Morgan fingerprint density at radius 2 is 1.36 bits per heavy atom. The van der Waals surface area contributed by atoms with Crippen LogP contribution >= 0.6 is 0 Å². The van der Waals surface area contributed by atoms with E-state index in [2.05, 4.69) is 0 Å². The van der Waals surface area contributed by atoms with Crippen LogP contribution in [0.1, 0.15) is 16.7 Å². The Labute approximate surface area is 212 Å². The maximum absolute atomic E-state index is 13.3. The molecular weight excluding hydrogens is 478 g/mol. The molecule has 0 N–H and O–H groups in total. The minimum Gasteiger partial charge on any atom is -0.370 e. The molecule has 1 saturated heterocycles.